The van der Waals surface area contributed by atoms with Gasteiger partial charge in [0, 0.05) is 11.3 Å². The standard InChI is InChI=1S/C16H25N3OS/c1-4-5-6-11-19(3)12(2)16(20)18-14-9-7-13(8-10-14)15(17)21/h7-10,12H,4-6,11H2,1-3H3,(H2,17,21)(H,18,20). The van der Waals surface area contributed by atoms with Gasteiger partial charge in [-0.05, 0) is 51.2 Å². The monoisotopic (exact) mass is 307 g/mol. The van der Waals surface area contributed by atoms with Crippen LogP contribution in [0.5, 0.6) is 0 Å². The van der Waals surface area contributed by atoms with Crippen LogP contribution in [0.2, 0.25) is 0 Å². The molecule has 0 saturated heterocycles. The highest BCUT2D eigenvalue weighted by molar-refractivity contribution is 7.80. The maximum Gasteiger partial charge on any atom is 0.241 e. The van der Waals surface area contributed by atoms with Crippen LogP contribution in [0.15, 0.2) is 24.3 Å². The van der Waals surface area contributed by atoms with E-state index in [1.807, 2.05) is 38.2 Å². The molecule has 0 fully saturated rings. The van der Waals surface area contributed by atoms with Crippen LogP contribution in [0.25, 0.3) is 0 Å². The number of nitrogens with two attached hydrogens (primary N) is 1. The first-order valence-corrected chi connectivity index (χ1v) is 7.77. The predicted octanol–water partition coefficient (Wildman–Crippen LogP) is 2.77. The molecule has 0 radical (unpaired) electrons. The van der Waals surface area contributed by atoms with E-state index in [4.69, 9.17) is 18.0 Å². The Hall–Kier alpha value is -1.46. The summed E-state index contributed by atoms with van der Waals surface area (Å²) in [5.41, 5.74) is 7.11. The van der Waals surface area contributed by atoms with Crippen molar-refractivity contribution in [1.29, 1.82) is 0 Å². The van der Waals surface area contributed by atoms with Gasteiger partial charge >= 0.3 is 0 Å². The van der Waals surface area contributed by atoms with Crippen molar-refractivity contribution < 1.29 is 4.79 Å². The third-order valence-corrected chi connectivity index (χ3v) is 3.83. The Morgan fingerprint density at radius 3 is 2.48 bits per heavy atom. The number of thiocarbonyl (C=S) groups is 1. The Morgan fingerprint density at radius 2 is 1.95 bits per heavy atom. The zero-order valence-corrected chi connectivity index (χ0v) is 13.9. The second-order valence-electron chi connectivity index (χ2n) is 5.29. The number of carbonyl (C=O) groups excluding carboxylic acids is 1. The van der Waals surface area contributed by atoms with E-state index in [1.54, 1.807) is 0 Å². The number of carbonyl (C=O) groups is 1. The van der Waals surface area contributed by atoms with E-state index >= 15 is 0 Å². The quantitative estimate of drug-likeness (QED) is 0.573. The SMILES string of the molecule is CCCCCN(C)C(C)C(=O)Nc1ccc(C(N)=S)cc1. The maximum atomic E-state index is 12.2. The molecule has 5 heteroatoms. The molecular weight excluding hydrogens is 282 g/mol. The van der Waals surface area contributed by atoms with Gasteiger partial charge in [0.05, 0.1) is 6.04 Å². The Kier molecular flexibility index (Phi) is 7.32. The highest BCUT2D eigenvalue weighted by Gasteiger charge is 2.17. The normalized spacial score (nSPS) is 12.2. The molecule has 1 aromatic carbocycles. The maximum absolute atomic E-state index is 12.2. The average Bonchev–Trinajstić information content (AvgIpc) is 2.47. The number of nitrogens with zero attached hydrogens (tertiary/aromatic N) is 1. The van der Waals surface area contributed by atoms with Gasteiger partial charge in [-0.2, -0.15) is 0 Å². The van der Waals surface area contributed by atoms with Crippen LogP contribution >= 0.6 is 12.2 Å². The second-order valence-corrected chi connectivity index (χ2v) is 5.73. The van der Waals surface area contributed by atoms with Crippen molar-refractivity contribution in [3.05, 3.63) is 29.8 Å². The summed E-state index contributed by atoms with van der Waals surface area (Å²) in [5.74, 6) is -0.00271. The lowest BCUT2D eigenvalue weighted by molar-refractivity contribution is -0.120. The van der Waals surface area contributed by atoms with E-state index in [1.165, 1.54) is 12.8 Å². The predicted molar refractivity (Wildman–Crippen MR) is 92.6 cm³/mol. The summed E-state index contributed by atoms with van der Waals surface area (Å²) >= 11 is 4.90. The molecule has 0 aliphatic heterocycles. The Balaban J connectivity index is 2.53. The lowest BCUT2D eigenvalue weighted by Gasteiger charge is -2.23. The number of likely N-dealkylation sites (N-methyl/N-ethyl adjacent to an activating group) is 1. The minimum atomic E-state index is -0.155. The van der Waals surface area contributed by atoms with E-state index < -0.39 is 0 Å². The fourth-order valence-electron chi connectivity index (χ4n) is 1.97. The number of hydrogen-bond donors (Lipinski definition) is 2. The van der Waals surface area contributed by atoms with Gasteiger partial charge in [-0.1, -0.05) is 32.0 Å². The molecule has 1 rings (SSSR count). The Bertz CT molecular complexity index is 473. The lowest BCUT2D eigenvalue weighted by Crippen LogP contribution is -2.40. The minimum absolute atomic E-state index is 0.00271. The van der Waals surface area contributed by atoms with Crippen molar-refractivity contribution in [2.24, 2.45) is 5.73 Å². The van der Waals surface area contributed by atoms with Crippen LogP contribution in [0.1, 0.15) is 38.7 Å². The van der Waals surface area contributed by atoms with Gasteiger partial charge in [0.15, 0.2) is 0 Å². The average molecular weight is 307 g/mol. The van der Waals surface area contributed by atoms with E-state index in [0.29, 0.717) is 4.99 Å². The molecule has 1 amide bonds. The summed E-state index contributed by atoms with van der Waals surface area (Å²) < 4.78 is 0. The van der Waals surface area contributed by atoms with Crippen molar-refractivity contribution in [3.8, 4) is 0 Å². The van der Waals surface area contributed by atoms with Crippen LogP contribution in [0.4, 0.5) is 5.69 Å². The van der Waals surface area contributed by atoms with Gasteiger partial charge in [-0.15, -0.1) is 0 Å². The molecule has 0 aliphatic rings. The van der Waals surface area contributed by atoms with E-state index in [0.717, 1.165) is 24.2 Å². The molecular formula is C16H25N3OS. The van der Waals surface area contributed by atoms with Gasteiger partial charge < -0.3 is 11.1 Å². The van der Waals surface area contributed by atoms with Gasteiger partial charge in [0.25, 0.3) is 0 Å². The molecule has 0 saturated carbocycles. The summed E-state index contributed by atoms with van der Waals surface area (Å²) in [6, 6.07) is 7.10. The van der Waals surface area contributed by atoms with Gasteiger partial charge in [0.2, 0.25) is 5.91 Å². The van der Waals surface area contributed by atoms with Crippen LogP contribution in [-0.4, -0.2) is 35.4 Å². The molecule has 0 aromatic heterocycles. The summed E-state index contributed by atoms with van der Waals surface area (Å²) in [6.07, 6.45) is 3.50. The zero-order chi connectivity index (χ0) is 15.8. The number of anilines is 1. The van der Waals surface area contributed by atoms with Crippen molar-refractivity contribution in [1.82, 2.24) is 4.90 Å². The summed E-state index contributed by atoms with van der Waals surface area (Å²) in [4.78, 5) is 14.6. The Labute approximate surface area is 132 Å². The van der Waals surface area contributed by atoms with Gasteiger partial charge in [-0.25, -0.2) is 0 Å². The van der Waals surface area contributed by atoms with E-state index in [2.05, 4.69) is 17.1 Å². The third kappa shape index (κ3) is 5.81. The van der Waals surface area contributed by atoms with Crippen LogP contribution < -0.4 is 11.1 Å². The largest absolute Gasteiger partial charge is 0.389 e. The Morgan fingerprint density at radius 1 is 1.33 bits per heavy atom. The molecule has 1 unspecified atom stereocenters. The first-order valence-electron chi connectivity index (χ1n) is 7.36. The van der Waals surface area contributed by atoms with Gasteiger partial charge in [0.1, 0.15) is 4.99 Å². The molecule has 0 heterocycles. The number of amides is 1. The number of nitrogens with one attached hydrogen (secondary N) is 1. The zero-order valence-electron chi connectivity index (χ0n) is 13.1. The summed E-state index contributed by atoms with van der Waals surface area (Å²) in [7, 11) is 1.98. The number of benzene rings is 1. The fraction of sp³-hybridized carbons (Fsp3) is 0.500. The first-order chi connectivity index (χ1) is 9.95. The molecule has 1 aromatic rings. The highest BCUT2D eigenvalue weighted by atomic mass is 32.1. The highest BCUT2D eigenvalue weighted by Crippen LogP contribution is 2.11. The summed E-state index contributed by atoms with van der Waals surface area (Å²) in [5, 5.41) is 2.91. The minimum Gasteiger partial charge on any atom is -0.389 e. The van der Waals surface area contributed by atoms with Crippen LogP contribution in [-0.2, 0) is 4.79 Å². The molecule has 21 heavy (non-hydrogen) atoms. The molecule has 116 valence electrons. The van der Waals surface area contributed by atoms with Crippen LogP contribution in [0, 0.1) is 0 Å². The molecule has 0 spiro atoms. The van der Waals surface area contributed by atoms with Gasteiger partial charge in [-0.3, -0.25) is 9.69 Å². The third-order valence-electron chi connectivity index (χ3n) is 3.59. The number of rotatable bonds is 8. The van der Waals surface area contributed by atoms with Crippen molar-refractivity contribution in [2.75, 3.05) is 18.9 Å². The topological polar surface area (TPSA) is 58.4 Å². The molecule has 1 atom stereocenters. The van der Waals surface area contributed by atoms with Crippen molar-refractivity contribution >= 4 is 28.8 Å². The van der Waals surface area contributed by atoms with Crippen LogP contribution in [0.3, 0.4) is 0 Å². The lowest BCUT2D eigenvalue weighted by atomic mass is 10.2. The number of hydrogen-bond acceptors (Lipinski definition) is 3. The molecule has 0 bridgehead atoms. The molecule has 3 N–H and O–H groups in total. The van der Waals surface area contributed by atoms with E-state index in [9.17, 15) is 4.79 Å². The fourth-order valence-corrected chi connectivity index (χ4v) is 2.11. The molecule has 0 aliphatic carbocycles. The van der Waals surface area contributed by atoms with Crippen molar-refractivity contribution in [3.63, 3.8) is 0 Å². The van der Waals surface area contributed by atoms with E-state index in [-0.39, 0.29) is 11.9 Å². The molecule has 4 nitrogen and oxygen atoms in total. The first kappa shape index (κ1) is 17.6. The smallest absolute Gasteiger partial charge is 0.241 e. The summed E-state index contributed by atoms with van der Waals surface area (Å²) in [6.45, 7) is 5.03. The number of unbranched alkanes of at least 4 members (excludes halogenated alkanes) is 2. The second kappa shape index (κ2) is 8.74. The van der Waals surface area contributed by atoms with Crippen molar-refractivity contribution in [2.45, 2.75) is 39.2 Å².